The highest BCUT2D eigenvalue weighted by Crippen LogP contribution is 2.19. The molecular weight excluding hydrogens is 455 g/mol. The number of rotatable bonds is 3. The molecule has 138 valence electrons. The third-order valence-corrected chi connectivity index (χ3v) is 4.40. The molecule has 0 fully saturated rings. The Balaban J connectivity index is 0.000000208. The van der Waals surface area contributed by atoms with Gasteiger partial charge in [-0.05, 0) is 70.1 Å². The molecule has 0 saturated carbocycles. The number of carbonyl (C=O) groups is 2. The van der Waals surface area contributed by atoms with Gasteiger partial charge in [0.1, 0.15) is 0 Å². The highest BCUT2D eigenvalue weighted by Gasteiger charge is 2.04. The van der Waals surface area contributed by atoms with Gasteiger partial charge in [-0.3, -0.25) is 0 Å². The van der Waals surface area contributed by atoms with Gasteiger partial charge < -0.3 is 9.47 Å². The summed E-state index contributed by atoms with van der Waals surface area (Å²) in [7, 11) is 2.76. The quantitative estimate of drug-likeness (QED) is 0.386. The average Bonchev–Trinajstić information content (AvgIpc) is 2.74. The lowest BCUT2D eigenvalue weighted by atomic mass is 10.0. The van der Waals surface area contributed by atoms with Crippen molar-refractivity contribution in [3.63, 3.8) is 0 Å². The van der Waals surface area contributed by atoms with Crippen molar-refractivity contribution in [3.05, 3.63) is 93.6 Å². The molecule has 0 aliphatic carbocycles. The zero-order chi connectivity index (χ0) is 19.6. The normalized spacial score (nSPS) is 9.59. The minimum Gasteiger partial charge on any atom is -0.465 e. The summed E-state index contributed by atoms with van der Waals surface area (Å²) in [6.45, 7) is 0. The maximum Gasteiger partial charge on any atom is 0.337 e. The van der Waals surface area contributed by atoms with Crippen LogP contribution in [0.3, 0.4) is 0 Å². The van der Waals surface area contributed by atoms with Crippen molar-refractivity contribution in [2.24, 2.45) is 0 Å². The zero-order valence-electron chi connectivity index (χ0n) is 15.0. The molecule has 0 spiro atoms. The van der Waals surface area contributed by atoms with Crippen LogP contribution in [0.25, 0.3) is 11.1 Å². The van der Waals surface area contributed by atoms with Gasteiger partial charge in [-0.15, -0.1) is 0 Å². The Morgan fingerprint density at radius 2 is 1.04 bits per heavy atom. The summed E-state index contributed by atoms with van der Waals surface area (Å²) >= 11 is 2.18. The van der Waals surface area contributed by atoms with Crippen LogP contribution in [0.5, 0.6) is 0 Å². The van der Waals surface area contributed by atoms with Crippen LogP contribution in [0.2, 0.25) is 0 Å². The van der Waals surface area contributed by atoms with Crippen LogP contribution in [0.1, 0.15) is 20.7 Å². The Hall–Kier alpha value is -2.67. The number of hydrogen-bond donors (Lipinski definition) is 0. The van der Waals surface area contributed by atoms with E-state index in [0.717, 1.165) is 14.7 Å². The van der Waals surface area contributed by atoms with Gasteiger partial charge in [0.2, 0.25) is 0 Å². The van der Waals surface area contributed by atoms with Gasteiger partial charge in [0, 0.05) is 3.57 Å². The van der Waals surface area contributed by atoms with E-state index in [1.54, 1.807) is 24.3 Å². The Morgan fingerprint density at radius 1 is 0.630 bits per heavy atom. The van der Waals surface area contributed by atoms with E-state index in [0.29, 0.717) is 11.1 Å². The first-order valence-electron chi connectivity index (χ1n) is 8.13. The SMILES string of the molecule is COC(=O)c1ccc(-c2ccccc2)cc1.COC(=O)c1ccc(I)cc1. The molecule has 0 heterocycles. The monoisotopic (exact) mass is 474 g/mol. The van der Waals surface area contributed by atoms with Gasteiger partial charge >= 0.3 is 11.9 Å². The Morgan fingerprint density at radius 3 is 1.48 bits per heavy atom. The number of methoxy groups -OCH3 is 2. The van der Waals surface area contributed by atoms with E-state index in [2.05, 4.69) is 32.1 Å². The second-order valence-electron chi connectivity index (χ2n) is 5.43. The summed E-state index contributed by atoms with van der Waals surface area (Å²) in [6, 6.07) is 24.6. The second kappa shape index (κ2) is 10.5. The first kappa shape index (κ1) is 20.6. The predicted octanol–water partition coefficient (Wildman–Crippen LogP) is 5.22. The van der Waals surface area contributed by atoms with Gasteiger partial charge in [0.25, 0.3) is 0 Å². The van der Waals surface area contributed by atoms with Crippen LogP contribution >= 0.6 is 22.6 Å². The molecule has 0 aliphatic rings. The third kappa shape index (κ3) is 6.21. The predicted molar refractivity (Wildman–Crippen MR) is 114 cm³/mol. The maximum absolute atomic E-state index is 11.2. The van der Waals surface area contributed by atoms with Crippen molar-refractivity contribution in [2.45, 2.75) is 0 Å². The summed E-state index contributed by atoms with van der Waals surface area (Å²) in [4.78, 5) is 22.1. The number of benzene rings is 3. The van der Waals surface area contributed by atoms with Crippen LogP contribution in [-0.4, -0.2) is 26.2 Å². The average molecular weight is 474 g/mol. The lowest BCUT2D eigenvalue weighted by molar-refractivity contribution is 0.0592. The molecule has 5 heteroatoms. The van der Waals surface area contributed by atoms with Gasteiger partial charge in [-0.1, -0.05) is 42.5 Å². The van der Waals surface area contributed by atoms with Crippen LogP contribution < -0.4 is 0 Å². The summed E-state index contributed by atoms with van der Waals surface area (Å²) < 4.78 is 10.3. The Bertz CT molecular complexity index is 872. The van der Waals surface area contributed by atoms with Crippen LogP contribution in [0.15, 0.2) is 78.9 Å². The van der Waals surface area contributed by atoms with E-state index in [1.165, 1.54) is 14.2 Å². The molecule has 4 nitrogen and oxygen atoms in total. The molecule has 3 aromatic rings. The Labute approximate surface area is 172 Å². The first-order valence-corrected chi connectivity index (χ1v) is 9.20. The van der Waals surface area contributed by atoms with Gasteiger partial charge in [-0.2, -0.15) is 0 Å². The lowest BCUT2D eigenvalue weighted by Gasteiger charge is -2.02. The molecule has 0 aliphatic heterocycles. The van der Waals surface area contributed by atoms with Gasteiger partial charge in [-0.25, -0.2) is 9.59 Å². The molecule has 0 aromatic heterocycles. The second-order valence-corrected chi connectivity index (χ2v) is 6.68. The zero-order valence-corrected chi connectivity index (χ0v) is 17.2. The molecule has 0 N–H and O–H groups in total. The molecule has 3 rings (SSSR count). The standard InChI is InChI=1S/C14H12O2.C8H7IO2/c1-16-14(15)13-9-7-12(8-10-13)11-5-3-2-4-6-11;1-11-8(10)6-2-4-7(9)5-3-6/h2-10H,1H3;2-5H,1H3. The highest BCUT2D eigenvalue weighted by molar-refractivity contribution is 14.1. The Kier molecular flexibility index (Phi) is 8.00. The van der Waals surface area contributed by atoms with E-state index in [4.69, 9.17) is 0 Å². The summed E-state index contributed by atoms with van der Waals surface area (Å²) in [5.74, 6) is -0.596. The van der Waals surface area contributed by atoms with Crippen molar-refractivity contribution in [1.29, 1.82) is 0 Å². The smallest absolute Gasteiger partial charge is 0.337 e. The molecule has 0 amide bonds. The van der Waals surface area contributed by atoms with Crippen molar-refractivity contribution >= 4 is 34.5 Å². The molecule has 0 radical (unpaired) electrons. The number of carbonyl (C=O) groups excluding carboxylic acids is 2. The highest BCUT2D eigenvalue weighted by atomic mass is 127. The summed E-state index contributed by atoms with van der Waals surface area (Å²) in [6.07, 6.45) is 0. The van der Waals surface area contributed by atoms with E-state index < -0.39 is 0 Å². The fourth-order valence-corrected chi connectivity index (χ4v) is 2.61. The van der Waals surface area contributed by atoms with Crippen LogP contribution in [-0.2, 0) is 9.47 Å². The minimum atomic E-state index is -0.306. The number of hydrogen-bond acceptors (Lipinski definition) is 4. The maximum atomic E-state index is 11.2. The summed E-state index contributed by atoms with van der Waals surface area (Å²) in [5, 5.41) is 0. The van der Waals surface area contributed by atoms with Crippen molar-refractivity contribution < 1.29 is 19.1 Å². The van der Waals surface area contributed by atoms with E-state index >= 15 is 0 Å². The van der Waals surface area contributed by atoms with E-state index in [1.807, 2.05) is 54.6 Å². The van der Waals surface area contributed by atoms with Crippen molar-refractivity contribution in [3.8, 4) is 11.1 Å². The fourth-order valence-electron chi connectivity index (χ4n) is 2.25. The molecule has 0 bridgehead atoms. The molecule has 3 aromatic carbocycles. The third-order valence-electron chi connectivity index (χ3n) is 3.68. The largest absolute Gasteiger partial charge is 0.465 e. The number of esters is 2. The summed E-state index contributed by atoms with van der Waals surface area (Å²) in [5.41, 5.74) is 3.39. The van der Waals surface area contributed by atoms with Gasteiger partial charge in [0.05, 0.1) is 25.3 Å². The number of ether oxygens (including phenoxy) is 2. The van der Waals surface area contributed by atoms with Crippen molar-refractivity contribution in [1.82, 2.24) is 0 Å². The molecule has 0 atom stereocenters. The molecule has 27 heavy (non-hydrogen) atoms. The van der Waals surface area contributed by atoms with E-state index in [-0.39, 0.29) is 11.9 Å². The van der Waals surface area contributed by atoms with Crippen molar-refractivity contribution in [2.75, 3.05) is 14.2 Å². The van der Waals surface area contributed by atoms with Crippen LogP contribution in [0, 0.1) is 3.57 Å². The molecule has 0 unspecified atom stereocenters. The minimum absolute atomic E-state index is 0.290. The van der Waals surface area contributed by atoms with Gasteiger partial charge in [0.15, 0.2) is 0 Å². The number of halogens is 1. The molecule has 0 saturated heterocycles. The molecular formula is C22H19IO4. The van der Waals surface area contributed by atoms with Crippen LogP contribution in [0.4, 0.5) is 0 Å². The first-order chi connectivity index (χ1) is 13.0. The van der Waals surface area contributed by atoms with E-state index in [9.17, 15) is 9.59 Å². The topological polar surface area (TPSA) is 52.6 Å². The lowest BCUT2D eigenvalue weighted by Crippen LogP contribution is -2.00. The fraction of sp³-hybridized carbons (Fsp3) is 0.0909.